The molecule has 0 N–H and O–H groups in total. The van der Waals surface area contributed by atoms with Gasteiger partial charge in [0.2, 0.25) is 0 Å². The summed E-state index contributed by atoms with van der Waals surface area (Å²) in [5, 5.41) is 0. The highest BCUT2D eigenvalue weighted by atomic mass is 35.5. The third-order valence-electron chi connectivity index (χ3n) is 9.13. The first-order valence-corrected chi connectivity index (χ1v) is 15.2. The van der Waals surface area contributed by atoms with Gasteiger partial charge in [-0.3, -0.25) is 4.79 Å². The Morgan fingerprint density at radius 2 is 1.30 bits per heavy atom. The lowest BCUT2D eigenvalue weighted by molar-refractivity contribution is 0.0874. The minimum Gasteiger partial charge on any atom is -0.301 e. The second-order valence-electron chi connectivity index (χ2n) is 12.0. The number of piperidine rings is 1. The highest BCUT2D eigenvalue weighted by molar-refractivity contribution is 6.02. The Hall–Kier alpha value is -2.06. The zero-order valence-corrected chi connectivity index (χ0v) is 28.1. The van der Waals surface area contributed by atoms with Crippen molar-refractivity contribution in [3.8, 4) is 11.1 Å². The van der Waals surface area contributed by atoms with Crippen molar-refractivity contribution in [2.24, 2.45) is 5.92 Å². The van der Waals surface area contributed by atoms with Gasteiger partial charge in [0.25, 0.3) is 0 Å². The molecule has 0 aromatic heterocycles. The van der Waals surface area contributed by atoms with Gasteiger partial charge >= 0.3 is 0 Å². The van der Waals surface area contributed by atoms with E-state index < -0.39 is 0 Å². The lowest BCUT2D eigenvalue weighted by atomic mass is 9.79. The van der Waals surface area contributed by atoms with Gasteiger partial charge in [-0.2, -0.15) is 0 Å². The summed E-state index contributed by atoms with van der Waals surface area (Å²) >= 11 is 0. The molecule has 0 spiro atoms. The van der Waals surface area contributed by atoms with Crippen LogP contribution in [0.1, 0.15) is 54.9 Å². The standard InChI is InChI=1S/C35H43F2N3O.3ClH/c1-26(2)40-19-15-29(16-20-40)34(28-9-13-31(37)14-10-28)25-39-23-21-38(22-24-39)18-17-35(41)33-6-4-3-5-32(33)27-7-11-30(36)12-8-27;;;/h3-14,26,29,34H,15-25H2,1-2H3;3*1H. The third-order valence-corrected chi connectivity index (χ3v) is 9.13. The van der Waals surface area contributed by atoms with Gasteiger partial charge in [-0.25, -0.2) is 8.78 Å². The van der Waals surface area contributed by atoms with Crippen LogP contribution in [0.15, 0.2) is 72.8 Å². The molecular weight excluding hydrogens is 623 g/mol. The zero-order valence-electron chi connectivity index (χ0n) is 25.7. The average Bonchev–Trinajstić information content (AvgIpc) is 3.00. The van der Waals surface area contributed by atoms with Crippen LogP contribution in [0.25, 0.3) is 11.1 Å². The van der Waals surface area contributed by atoms with Crippen molar-refractivity contribution in [3.05, 3.63) is 95.6 Å². The quantitative estimate of drug-likeness (QED) is 0.205. The number of piperazine rings is 1. The normalized spacial score (nSPS) is 17.3. The van der Waals surface area contributed by atoms with Crippen molar-refractivity contribution < 1.29 is 13.6 Å². The van der Waals surface area contributed by atoms with Crippen molar-refractivity contribution in [2.75, 3.05) is 52.4 Å². The van der Waals surface area contributed by atoms with Crippen molar-refractivity contribution in [3.63, 3.8) is 0 Å². The van der Waals surface area contributed by atoms with E-state index in [0.29, 0.717) is 29.9 Å². The molecule has 3 aromatic rings. The highest BCUT2D eigenvalue weighted by Gasteiger charge is 2.31. The van der Waals surface area contributed by atoms with E-state index in [0.717, 1.165) is 63.5 Å². The van der Waals surface area contributed by atoms with Gasteiger partial charge in [0.05, 0.1) is 0 Å². The van der Waals surface area contributed by atoms with Crippen LogP contribution < -0.4 is 0 Å². The van der Waals surface area contributed by atoms with Gasteiger partial charge in [-0.05, 0) is 92.6 Å². The average molecular weight is 669 g/mol. The minimum absolute atomic E-state index is 0. The number of Topliss-reactive ketones (excluding diaryl/α,β-unsaturated/α-hetero) is 1. The van der Waals surface area contributed by atoms with Gasteiger partial charge in [0, 0.05) is 57.3 Å². The molecule has 2 aliphatic heterocycles. The first-order chi connectivity index (χ1) is 19.9. The number of benzene rings is 3. The van der Waals surface area contributed by atoms with Gasteiger partial charge in [0.1, 0.15) is 11.6 Å². The summed E-state index contributed by atoms with van der Waals surface area (Å²) in [6.07, 6.45) is 2.83. The molecule has 44 heavy (non-hydrogen) atoms. The van der Waals surface area contributed by atoms with Crippen molar-refractivity contribution in [2.45, 2.75) is 45.1 Å². The predicted molar refractivity (Wildman–Crippen MR) is 184 cm³/mol. The summed E-state index contributed by atoms with van der Waals surface area (Å²) in [5.41, 5.74) is 3.66. The second-order valence-corrected chi connectivity index (χ2v) is 12.0. The molecule has 0 radical (unpaired) electrons. The fourth-order valence-corrected chi connectivity index (χ4v) is 6.55. The van der Waals surface area contributed by atoms with E-state index >= 15 is 0 Å². The number of hydrogen-bond acceptors (Lipinski definition) is 4. The Labute approximate surface area is 280 Å². The number of hydrogen-bond donors (Lipinski definition) is 0. The lowest BCUT2D eigenvalue weighted by Gasteiger charge is -2.41. The Morgan fingerprint density at radius 1 is 0.750 bits per heavy atom. The summed E-state index contributed by atoms with van der Waals surface area (Å²) in [7, 11) is 0. The first-order valence-electron chi connectivity index (χ1n) is 15.2. The fourth-order valence-electron chi connectivity index (χ4n) is 6.55. The Balaban J connectivity index is 0.00000225. The minimum atomic E-state index is -0.280. The van der Waals surface area contributed by atoms with E-state index in [1.54, 1.807) is 24.3 Å². The van der Waals surface area contributed by atoms with Gasteiger partial charge in [-0.15, -0.1) is 37.2 Å². The van der Waals surface area contributed by atoms with Crippen molar-refractivity contribution in [1.82, 2.24) is 14.7 Å². The van der Waals surface area contributed by atoms with Gasteiger partial charge < -0.3 is 14.7 Å². The molecule has 5 rings (SSSR count). The van der Waals surface area contributed by atoms with E-state index in [9.17, 15) is 13.6 Å². The number of ketones is 1. The maximum Gasteiger partial charge on any atom is 0.164 e. The van der Waals surface area contributed by atoms with Crippen LogP contribution in [0.3, 0.4) is 0 Å². The number of likely N-dealkylation sites (tertiary alicyclic amines) is 1. The summed E-state index contributed by atoms with van der Waals surface area (Å²) in [6.45, 7) is 12.4. The third kappa shape index (κ3) is 9.97. The highest BCUT2D eigenvalue weighted by Crippen LogP contribution is 2.34. The molecule has 1 atom stereocenters. The molecule has 3 aromatic carbocycles. The van der Waals surface area contributed by atoms with Crippen LogP contribution in [0, 0.1) is 17.6 Å². The molecule has 0 amide bonds. The maximum atomic E-state index is 13.7. The summed E-state index contributed by atoms with van der Waals surface area (Å²) in [4.78, 5) is 20.8. The molecule has 9 heteroatoms. The first kappa shape index (κ1) is 38.1. The van der Waals surface area contributed by atoms with Crippen LogP contribution in [0.5, 0.6) is 0 Å². The monoisotopic (exact) mass is 667 g/mol. The van der Waals surface area contributed by atoms with Gasteiger partial charge in [-0.1, -0.05) is 48.5 Å². The topological polar surface area (TPSA) is 26.8 Å². The number of nitrogens with zero attached hydrogens (tertiary/aromatic N) is 3. The predicted octanol–water partition coefficient (Wildman–Crippen LogP) is 7.99. The van der Waals surface area contributed by atoms with Gasteiger partial charge in [0.15, 0.2) is 5.78 Å². The van der Waals surface area contributed by atoms with Crippen LogP contribution >= 0.6 is 37.2 Å². The summed E-state index contributed by atoms with van der Waals surface area (Å²) in [5.74, 6) is 0.674. The van der Waals surface area contributed by atoms with E-state index in [-0.39, 0.29) is 54.6 Å². The van der Waals surface area contributed by atoms with E-state index in [1.807, 2.05) is 36.4 Å². The Kier molecular flexibility index (Phi) is 15.7. The molecule has 0 aliphatic carbocycles. The number of halogens is 5. The Bertz CT molecular complexity index is 1280. The molecular formula is C35H46Cl3F2N3O. The van der Waals surface area contributed by atoms with Crippen LogP contribution in [-0.2, 0) is 0 Å². The molecule has 1 unspecified atom stereocenters. The number of rotatable bonds is 10. The van der Waals surface area contributed by atoms with Crippen LogP contribution in [-0.4, -0.2) is 78.9 Å². The largest absolute Gasteiger partial charge is 0.301 e. The molecule has 0 bridgehead atoms. The molecule has 2 fully saturated rings. The van der Waals surface area contributed by atoms with Crippen molar-refractivity contribution in [1.29, 1.82) is 0 Å². The Morgan fingerprint density at radius 3 is 1.89 bits per heavy atom. The van der Waals surface area contributed by atoms with E-state index in [2.05, 4.69) is 28.5 Å². The molecule has 242 valence electrons. The van der Waals surface area contributed by atoms with Crippen molar-refractivity contribution >= 4 is 43.0 Å². The summed E-state index contributed by atoms with van der Waals surface area (Å²) in [6, 6.07) is 21.7. The fraction of sp³-hybridized carbons (Fsp3) is 0.457. The SMILES string of the molecule is CC(C)N1CCC(C(CN2CCN(CCC(=O)c3ccccc3-c3ccc(F)cc3)CC2)c2ccc(F)cc2)CC1.Cl.Cl.Cl. The molecule has 0 saturated carbocycles. The van der Waals surface area contributed by atoms with Crippen LogP contribution in [0.2, 0.25) is 0 Å². The molecule has 2 heterocycles. The summed E-state index contributed by atoms with van der Waals surface area (Å²) < 4.78 is 27.2. The number of carbonyl (C=O) groups is 1. The zero-order chi connectivity index (χ0) is 28.8. The number of carbonyl (C=O) groups excluding carboxylic acids is 1. The maximum absolute atomic E-state index is 13.7. The lowest BCUT2D eigenvalue weighted by Crippen LogP contribution is -2.49. The molecule has 4 nitrogen and oxygen atoms in total. The van der Waals surface area contributed by atoms with E-state index in [1.165, 1.54) is 30.5 Å². The molecule has 2 aliphatic rings. The van der Waals surface area contributed by atoms with Crippen LogP contribution in [0.4, 0.5) is 8.78 Å². The smallest absolute Gasteiger partial charge is 0.164 e. The van der Waals surface area contributed by atoms with E-state index in [4.69, 9.17) is 0 Å². The molecule has 2 saturated heterocycles. The second kappa shape index (κ2) is 18.2.